The maximum Gasteiger partial charge on any atom is 0.262 e. The SMILES string of the molecule is COc1ccccc1NC(=O)COc1ccccc1C(C)=O. The number of carbonyl (C=O) groups excluding carboxylic acids is 2. The number of Topliss-reactive ketones (excluding diaryl/α,β-unsaturated/α-hetero) is 1. The van der Waals surface area contributed by atoms with Crippen LogP contribution in [0.2, 0.25) is 0 Å². The highest BCUT2D eigenvalue weighted by molar-refractivity contribution is 5.97. The first kappa shape index (κ1) is 15.6. The second-order valence-electron chi connectivity index (χ2n) is 4.59. The number of hydrogen-bond acceptors (Lipinski definition) is 4. The van der Waals surface area contributed by atoms with Gasteiger partial charge in [-0.05, 0) is 31.2 Å². The van der Waals surface area contributed by atoms with Gasteiger partial charge in [-0.3, -0.25) is 9.59 Å². The molecule has 1 N–H and O–H groups in total. The Morgan fingerprint density at radius 3 is 2.32 bits per heavy atom. The van der Waals surface area contributed by atoms with Crippen LogP contribution >= 0.6 is 0 Å². The Bertz CT molecular complexity index is 682. The molecule has 0 aliphatic rings. The summed E-state index contributed by atoms with van der Waals surface area (Å²) in [6.45, 7) is 1.26. The summed E-state index contributed by atoms with van der Waals surface area (Å²) >= 11 is 0. The summed E-state index contributed by atoms with van der Waals surface area (Å²) < 4.78 is 10.6. The van der Waals surface area contributed by atoms with Crippen molar-refractivity contribution in [3.8, 4) is 11.5 Å². The van der Waals surface area contributed by atoms with E-state index in [1.807, 2.05) is 6.07 Å². The Morgan fingerprint density at radius 2 is 1.64 bits per heavy atom. The number of benzene rings is 2. The zero-order valence-electron chi connectivity index (χ0n) is 12.5. The van der Waals surface area contributed by atoms with Crippen LogP contribution in [-0.2, 0) is 4.79 Å². The number of nitrogens with one attached hydrogen (secondary N) is 1. The number of ether oxygens (including phenoxy) is 2. The van der Waals surface area contributed by atoms with E-state index in [1.165, 1.54) is 14.0 Å². The van der Waals surface area contributed by atoms with Crippen LogP contribution in [-0.4, -0.2) is 25.4 Å². The molecule has 0 fully saturated rings. The van der Waals surface area contributed by atoms with Gasteiger partial charge in [0.15, 0.2) is 12.4 Å². The van der Waals surface area contributed by atoms with E-state index in [2.05, 4.69) is 5.32 Å². The molecule has 0 aliphatic heterocycles. The van der Waals surface area contributed by atoms with Crippen LogP contribution in [0.4, 0.5) is 5.69 Å². The van der Waals surface area contributed by atoms with Crippen molar-refractivity contribution in [3.63, 3.8) is 0 Å². The number of rotatable bonds is 6. The van der Waals surface area contributed by atoms with Gasteiger partial charge in [0.25, 0.3) is 5.91 Å². The Hall–Kier alpha value is -2.82. The third-order valence-corrected chi connectivity index (χ3v) is 3.01. The van der Waals surface area contributed by atoms with E-state index in [0.29, 0.717) is 22.7 Å². The van der Waals surface area contributed by atoms with Gasteiger partial charge >= 0.3 is 0 Å². The molecule has 0 aliphatic carbocycles. The molecule has 0 spiro atoms. The normalized spacial score (nSPS) is 9.91. The molecule has 0 aromatic heterocycles. The van der Waals surface area contributed by atoms with Gasteiger partial charge in [-0.1, -0.05) is 24.3 Å². The molecule has 5 nitrogen and oxygen atoms in total. The quantitative estimate of drug-likeness (QED) is 0.833. The van der Waals surface area contributed by atoms with Crippen molar-refractivity contribution >= 4 is 17.4 Å². The number of ketones is 1. The fourth-order valence-corrected chi connectivity index (χ4v) is 1.96. The Balaban J connectivity index is 2.00. The lowest BCUT2D eigenvalue weighted by Gasteiger charge is -2.11. The minimum atomic E-state index is -0.331. The number of methoxy groups -OCH3 is 1. The average molecular weight is 299 g/mol. The standard InChI is InChI=1S/C17H17NO4/c1-12(19)13-7-3-5-9-15(13)22-11-17(20)18-14-8-4-6-10-16(14)21-2/h3-10H,11H2,1-2H3,(H,18,20). The second kappa shape index (κ2) is 7.26. The topological polar surface area (TPSA) is 64.6 Å². The molecule has 1 amide bonds. The lowest BCUT2D eigenvalue weighted by Crippen LogP contribution is -2.21. The first-order chi connectivity index (χ1) is 10.6. The number of hydrogen-bond donors (Lipinski definition) is 1. The summed E-state index contributed by atoms with van der Waals surface area (Å²) in [7, 11) is 1.53. The van der Waals surface area contributed by atoms with Crippen molar-refractivity contribution in [2.45, 2.75) is 6.92 Å². The highest BCUT2D eigenvalue weighted by Crippen LogP contribution is 2.23. The van der Waals surface area contributed by atoms with Gasteiger partial charge in [-0.15, -0.1) is 0 Å². The zero-order valence-corrected chi connectivity index (χ0v) is 12.5. The smallest absolute Gasteiger partial charge is 0.262 e. The third-order valence-electron chi connectivity index (χ3n) is 3.01. The van der Waals surface area contributed by atoms with Crippen molar-refractivity contribution in [1.29, 1.82) is 0 Å². The van der Waals surface area contributed by atoms with Crippen LogP contribution in [0.15, 0.2) is 48.5 Å². The van der Waals surface area contributed by atoms with Crippen molar-refractivity contribution in [2.75, 3.05) is 19.0 Å². The zero-order chi connectivity index (χ0) is 15.9. The van der Waals surface area contributed by atoms with Crippen LogP contribution < -0.4 is 14.8 Å². The second-order valence-corrected chi connectivity index (χ2v) is 4.59. The molecule has 2 aromatic carbocycles. The van der Waals surface area contributed by atoms with Crippen molar-refractivity contribution in [1.82, 2.24) is 0 Å². The largest absolute Gasteiger partial charge is 0.495 e. The van der Waals surface area contributed by atoms with E-state index in [1.54, 1.807) is 42.5 Å². The highest BCUT2D eigenvalue weighted by atomic mass is 16.5. The number of anilines is 1. The monoisotopic (exact) mass is 299 g/mol. The fraction of sp³-hybridized carbons (Fsp3) is 0.176. The molecule has 5 heteroatoms. The van der Waals surface area contributed by atoms with Gasteiger partial charge in [0.2, 0.25) is 0 Å². The molecule has 0 radical (unpaired) electrons. The van der Waals surface area contributed by atoms with E-state index in [4.69, 9.17) is 9.47 Å². The molecular formula is C17H17NO4. The van der Waals surface area contributed by atoms with Gasteiger partial charge < -0.3 is 14.8 Å². The summed E-state index contributed by atoms with van der Waals surface area (Å²) in [5, 5.41) is 2.71. The first-order valence-corrected chi connectivity index (χ1v) is 6.77. The van der Waals surface area contributed by atoms with Gasteiger partial charge in [0, 0.05) is 0 Å². The van der Waals surface area contributed by atoms with E-state index in [9.17, 15) is 9.59 Å². The Kier molecular flexibility index (Phi) is 5.14. The summed E-state index contributed by atoms with van der Waals surface area (Å²) in [5.74, 6) is 0.522. The molecule has 0 unspecified atom stereocenters. The van der Waals surface area contributed by atoms with Gasteiger partial charge in [0.1, 0.15) is 11.5 Å². The molecule has 0 saturated heterocycles. The molecule has 0 heterocycles. The van der Waals surface area contributed by atoms with Crippen molar-refractivity contribution in [3.05, 3.63) is 54.1 Å². The lowest BCUT2D eigenvalue weighted by atomic mass is 10.1. The van der Waals surface area contributed by atoms with E-state index in [0.717, 1.165) is 0 Å². The van der Waals surface area contributed by atoms with Crippen LogP contribution in [0.3, 0.4) is 0 Å². The number of carbonyl (C=O) groups is 2. The molecular weight excluding hydrogens is 282 g/mol. The van der Waals surface area contributed by atoms with Crippen molar-refractivity contribution < 1.29 is 19.1 Å². The predicted molar refractivity (Wildman–Crippen MR) is 83.6 cm³/mol. The highest BCUT2D eigenvalue weighted by Gasteiger charge is 2.11. The van der Waals surface area contributed by atoms with Gasteiger partial charge in [-0.2, -0.15) is 0 Å². The van der Waals surface area contributed by atoms with Crippen LogP contribution in [0, 0.1) is 0 Å². The Morgan fingerprint density at radius 1 is 1.00 bits per heavy atom. The maximum absolute atomic E-state index is 12.0. The third kappa shape index (κ3) is 3.85. The van der Waals surface area contributed by atoms with E-state index < -0.39 is 0 Å². The number of amides is 1. The number of para-hydroxylation sites is 3. The predicted octanol–water partition coefficient (Wildman–Crippen LogP) is 2.92. The van der Waals surface area contributed by atoms with Crippen molar-refractivity contribution in [2.24, 2.45) is 0 Å². The van der Waals surface area contributed by atoms with Gasteiger partial charge in [-0.25, -0.2) is 0 Å². The van der Waals surface area contributed by atoms with E-state index in [-0.39, 0.29) is 18.3 Å². The minimum Gasteiger partial charge on any atom is -0.495 e. The summed E-state index contributed by atoms with van der Waals surface area (Å²) in [6.07, 6.45) is 0. The molecule has 0 bridgehead atoms. The molecule has 114 valence electrons. The first-order valence-electron chi connectivity index (χ1n) is 6.77. The van der Waals surface area contributed by atoms with Crippen LogP contribution in [0.25, 0.3) is 0 Å². The lowest BCUT2D eigenvalue weighted by molar-refractivity contribution is -0.118. The van der Waals surface area contributed by atoms with E-state index >= 15 is 0 Å². The molecule has 0 atom stereocenters. The minimum absolute atomic E-state index is 0.110. The summed E-state index contributed by atoms with van der Waals surface area (Å²) in [4.78, 5) is 23.4. The van der Waals surface area contributed by atoms with Crippen LogP contribution in [0.1, 0.15) is 17.3 Å². The van der Waals surface area contributed by atoms with Crippen LogP contribution in [0.5, 0.6) is 11.5 Å². The molecule has 2 aromatic rings. The average Bonchev–Trinajstić information content (AvgIpc) is 2.53. The Labute approximate surface area is 128 Å². The molecule has 22 heavy (non-hydrogen) atoms. The molecule has 0 saturated carbocycles. The molecule has 2 rings (SSSR count). The maximum atomic E-state index is 12.0. The van der Waals surface area contributed by atoms with Gasteiger partial charge in [0.05, 0.1) is 18.4 Å². The summed E-state index contributed by atoms with van der Waals surface area (Å²) in [5.41, 5.74) is 1.02. The fourth-order valence-electron chi connectivity index (χ4n) is 1.96. The summed E-state index contributed by atoms with van der Waals surface area (Å²) in [6, 6.07) is 13.9.